The van der Waals surface area contributed by atoms with Crippen molar-refractivity contribution in [3.63, 3.8) is 0 Å². The molecule has 6 nitrogen and oxygen atoms in total. The van der Waals surface area contributed by atoms with Gasteiger partial charge in [0.2, 0.25) is 0 Å². The summed E-state index contributed by atoms with van der Waals surface area (Å²) in [6.07, 6.45) is 0. The van der Waals surface area contributed by atoms with Crippen LogP contribution in [0.15, 0.2) is 87.4 Å². The molecule has 1 N–H and O–H groups in total. The number of hydrogen-bond donors (Lipinski definition) is 1. The Labute approximate surface area is 163 Å². The number of aliphatic imine (C=N–C) groups is 1. The van der Waals surface area contributed by atoms with Crippen LogP contribution in [0.1, 0.15) is 16.7 Å². The summed E-state index contributed by atoms with van der Waals surface area (Å²) in [5.41, 5.74) is 7.06. The van der Waals surface area contributed by atoms with Gasteiger partial charge in [0, 0.05) is 33.3 Å². The van der Waals surface area contributed by atoms with Crippen LogP contribution in [0.2, 0.25) is 0 Å². The van der Waals surface area contributed by atoms with Crippen LogP contribution in [-0.4, -0.2) is 16.5 Å². The first kappa shape index (κ1) is 17.1. The molecule has 4 rings (SSSR count). The summed E-state index contributed by atoms with van der Waals surface area (Å²) in [6.45, 7) is 0. The number of hydrazone groups is 1. The summed E-state index contributed by atoms with van der Waals surface area (Å²) in [7, 11) is 0. The first-order chi connectivity index (χ1) is 13.1. The predicted molar refractivity (Wildman–Crippen MR) is 109 cm³/mol. The van der Waals surface area contributed by atoms with Crippen LogP contribution in [0.4, 0.5) is 11.4 Å². The highest BCUT2D eigenvalue weighted by molar-refractivity contribution is 9.10. The van der Waals surface area contributed by atoms with Crippen LogP contribution in [0.25, 0.3) is 0 Å². The maximum absolute atomic E-state index is 10.9. The molecule has 7 heteroatoms. The lowest BCUT2D eigenvalue weighted by Crippen LogP contribution is -2.19. The molecular weight excluding hydrogens is 408 g/mol. The molecule has 0 atom stereocenters. The molecule has 3 aromatic carbocycles. The van der Waals surface area contributed by atoms with Crippen molar-refractivity contribution in [1.29, 1.82) is 0 Å². The number of rotatable bonds is 3. The Morgan fingerprint density at radius 2 is 1.56 bits per heavy atom. The molecule has 0 bridgehead atoms. The maximum atomic E-state index is 10.9. The fourth-order valence-electron chi connectivity index (χ4n) is 2.78. The Bertz CT molecular complexity index is 1070. The van der Waals surface area contributed by atoms with Gasteiger partial charge >= 0.3 is 0 Å². The second-order valence-electron chi connectivity index (χ2n) is 5.86. The number of nitro groups is 1. The van der Waals surface area contributed by atoms with E-state index in [-0.39, 0.29) is 5.69 Å². The van der Waals surface area contributed by atoms with Crippen molar-refractivity contribution < 1.29 is 4.92 Å². The minimum Gasteiger partial charge on any atom is -0.260 e. The SMILES string of the molecule is O=[N+]([O-])c1ccc(C2=NNC(c3ccc(Br)cc3)=Nc3ccccc32)cc1. The van der Waals surface area contributed by atoms with Gasteiger partial charge in [-0.1, -0.05) is 46.3 Å². The smallest absolute Gasteiger partial charge is 0.260 e. The Hall–Kier alpha value is -3.32. The summed E-state index contributed by atoms with van der Waals surface area (Å²) in [6, 6.07) is 21.8. The molecule has 1 aliphatic heterocycles. The van der Waals surface area contributed by atoms with Crippen molar-refractivity contribution >= 4 is 38.9 Å². The zero-order chi connectivity index (χ0) is 18.8. The lowest BCUT2D eigenvalue weighted by Gasteiger charge is -2.07. The second kappa shape index (κ2) is 7.13. The largest absolute Gasteiger partial charge is 0.269 e. The van der Waals surface area contributed by atoms with E-state index in [1.165, 1.54) is 12.1 Å². The molecule has 3 aromatic rings. The fraction of sp³-hybridized carbons (Fsp3) is 0. The van der Waals surface area contributed by atoms with Crippen LogP contribution < -0.4 is 5.43 Å². The van der Waals surface area contributed by atoms with Gasteiger partial charge in [-0.2, -0.15) is 5.10 Å². The third-order valence-electron chi connectivity index (χ3n) is 4.13. The number of fused-ring (bicyclic) bond motifs is 1. The molecule has 0 saturated carbocycles. The molecule has 1 aliphatic rings. The molecule has 0 spiro atoms. The third kappa shape index (κ3) is 3.50. The van der Waals surface area contributed by atoms with Gasteiger partial charge in [0.1, 0.15) is 0 Å². The standard InChI is InChI=1S/C20H13BrN4O2/c21-15-9-5-14(6-10-15)20-22-18-4-2-1-3-17(18)19(23-24-20)13-7-11-16(12-8-13)25(26)27/h1-12H,(H,22,24). The minimum absolute atomic E-state index is 0.0426. The predicted octanol–water partition coefficient (Wildman–Crippen LogP) is 4.79. The van der Waals surface area contributed by atoms with Gasteiger partial charge < -0.3 is 0 Å². The molecule has 1 heterocycles. The van der Waals surface area contributed by atoms with E-state index in [1.807, 2.05) is 48.5 Å². The van der Waals surface area contributed by atoms with Crippen molar-refractivity contribution in [1.82, 2.24) is 5.43 Å². The van der Waals surface area contributed by atoms with Crippen LogP contribution in [0, 0.1) is 10.1 Å². The van der Waals surface area contributed by atoms with Crippen molar-refractivity contribution in [2.45, 2.75) is 0 Å². The van der Waals surface area contributed by atoms with Gasteiger partial charge in [-0.15, -0.1) is 0 Å². The minimum atomic E-state index is -0.417. The number of amidine groups is 1. The molecule has 0 aromatic heterocycles. The molecule has 0 fully saturated rings. The summed E-state index contributed by atoms with van der Waals surface area (Å²) >= 11 is 3.43. The number of hydrogen-bond acceptors (Lipinski definition) is 5. The van der Waals surface area contributed by atoms with E-state index in [2.05, 4.69) is 26.5 Å². The Kier molecular flexibility index (Phi) is 4.52. The van der Waals surface area contributed by atoms with Crippen LogP contribution in [-0.2, 0) is 0 Å². The summed E-state index contributed by atoms with van der Waals surface area (Å²) in [4.78, 5) is 15.2. The van der Waals surface area contributed by atoms with Crippen molar-refractivity contribution in [3.8, 4) is 0 Å². The van der Waals surface area contributed by atoms with E-state index in [0.717, 1.165) is 26.9 Å². The van der Waals surface area contributed by atoms with Crippen LogP contribution >= 0.6 is 15.9 Å². The highest BCUT2D eigenvalue weighted by Gasteiger charge is 2.17. The molecule has 132 valence electrons. The molecule has 0 radical (unpaired) electrons. The summed E-state index contributed by atoms with van der Waals surface area (Å²) in [5.74, 6) is 0.631. The van der Waals surface area contributed by atoms with Crippen molar-refractivity contribution in [2.75, 3.05) is 0 Å². The molecule has 0 aliphatic carbocycles. The maximum Gasteiger partial charge on any atom is 0.269 e. The second-order valence-corrected chi connectivity index (χ2v) is 6.78. The average molecular weight is 421 g/mol. The fourth-order valence-corrected chi connectivity index (χ4v) is 3.05. The molecule has 0 amide bonds. The van der Waals surface area contributed by atoms with E-state index < -0.39 is 4.92 Å². The lowest BCUT2D eigenvalue weighted by molar-refractivity contribution is -0.384. The Morgan fingerprint density at radius 1 is 0.889 bits per heavy atom. The molecule has 27 heavy (non-hydrogen) atoms. The van der Waals surface area contributed by atoms with E-state index in [0.29, 0.717) is 11.5 Å². The number of para-hydroxylation sites is 1. The van der Waals surface area contributed by atoms with Gasteiger partial charge in [-0.25, -0.2) is 4.99 Å². The Balaban J connectivity index is 1.79. The van der Waals surface area contributed by atoms with Crippen LogP contribution in [0.3, 0.4) is 0 Å². The van der Waals surface area contributed by atoms with Crippen molar-refractivity contribution in [2.24, 2.45) is 10.1 Å². The molecule has 0 saturated heterocycles. The summed E-state index contributed by atoms with van der Waals surface area (Å²) in [5, 5.41) is 15.5. The van der Waals surface area contributed by atoms with Crippen molar-refractivity contribution in [3.05, 3.63) is 104 Å². The zero-order valence-electron chi connectivity index (χ0n) is 14.0. The quantitative estimate of drug-likeness (QED) is 0.488. The van der Waals surface area contributed by atoms with Gasteiger partial charge in [0.25, 0.3) is 5.69 Å². The molecular formula is C20H13BrN4O2. The monoisotopic (exact) mass is 420 g/mol. The van der Waals surface area contributed by atoms with E-state index in [9.17, 15) is 10.1 Å². The first-order valence-corrected chi connectivity index (χ1v) is 8.94. The highest BCUT2D eigenvalue weighted by atomic mass is 79.9. The summed E-state index contributed by atoms with van der Waals surface area (Å²) < 4.78 is 0.982. The number of halogens is 1. The number of nitrogens with zero attached hydrogens (tertiary/aromatic N) is 3. The number of non-ortho nitro benzene ring substituents is 1. The van der Waals surface area contributed by atoms with Gasteiger partial charge in [-0.05, 0) is 30.3 Å². The van der Waals surface area contributed by atoms with E-state index in [4.69, 9.17) is 4.99 Å². The lowest BCUT2D eigenvalue weighted by atomic mass is 10.0. The average Bonchev–Trinajstić information content (AvgIpc) is 2.88. The number of nitro benzene ring substituents is 1. The highest BCUT2D eigenvalue weighted by Crippen LogP contribution is 2.26. The topological polar surface area (TPSA) is 79.9 Å². The number of nitrogens with one attached hydrogen (secondary N) is 1. The zero-order valence-corrected chi connectivity index (χ0v) is 15.6. The molecule has 0 unspecified atom stereocenters. The Morgan fingerprint density at radius 3 is 2.26 bits per heavy atom. The first-order valence-electron chi connectivity index (χ1n) is 8.14. The number of benzene rings is 3. The van der Waals surface area contributed by atoms with Gasteiger partial charge in [0.15, 0.2) is 5.84 Å². The van der Waals surface area contributed by atoms with E-state index in [1.54, 1.807) is 12.1 Å². The van der Waals surface area contributed by atoms with Crippen LogP contribution in [0.5, 0.6) is 0 Å². The van der Waals surface area contributed by atoms with E-state index >= 15 is 0 Å². The van der Waals surface area contributed by atoms with Gasteiger partial charge in [0.05, 0.1) is 16.3 Å². The van der Waals surface area contributed by atoms with Gasteiger partial charge in [-0.3, -0.25) is 15.5 Å². The third-order valence-corrected chi connectivity index (χ3v) is 4.66. The normalized spacial score (nSPS) is 12.9.